The molecule has 1 amide bonds. The molecule has 0 aromatic rings. The van der Waals surface area contributed by atoms with Gasteiger partial charge in [-0.1, -0.05) is 13.3 Å². The summed E-state index contributed by atoms with van der Waals surface area (Å²) in [5.41, 5.74) is 0. The molecule has 0 aromatic carbocycles. The number of amides is 1. The molecule has 104 valence electrons. The van der Waals surface area contributed by atoms with Gasteiger partial charge in [-0.15, -0.1) is 0 Å². The lowest BCUT2D eigenvalue weighted by atomic mass is 10.1. The molecule has 2 unspecified atom stereocenters. The molecule has 0 saturated carbocycles. The number of carbonyl (C=O) groups is 1. The van der Waals surface area contributed by atoms with Crippen molar-refractivity contribution in [3.63, 3.8) is 0 Å². The standard InChI is InChI=1S/C14H27N3O/c1-3-7-13-14(18)17(12(2)15-13)11-6-10-16-8-4-5-9-16/h12-13,15H,3-11H2,1-2H3. The van der Waals surface area contributed by atoms with E-state index in [1.54, 1.807) is 0 Å². The van der Waals surface area contributed by atoms with Crippen LogP contribution in [0.2, 0.25) is 0 Å². The summed E-state index contributed by atoms with van der Waals surface area (Å²) < 4.78 is 0. The van der Waals surface area contributed by atoms with Crippen molar-refractivity contribution in [2.75, 3.05) is 26.2 Å². The highest BCUT2D eigenvalue weighted by Gasteiger charge is 2.35. The van der Waals surface area contributed by atoms with E-state index in [2.05, 4.69) is 24.1 Å². The molecule has 0 aliphatic carbocycles. The lowest BCUT2D eigenvalue weighted by Gasteiger charge is -2.22. The highest BCUT2D eigenvalue weighted by molar-refractivity contribution is 5.84. The van der Waals surface area contributed by atoms with Gasteiger partial charge in [0.25, 0.3) is 0 Å². The first kappa shape index (κ1) is 13.8. The first-order valence-corrected chi connectivity index (χ1v) is 7.51. The lowest BCUT2D eigenvalue weighted by Crippen LogP contribution is -2.36. The van der Waals surface area contributed by atoms with Crippen LogP contribution in [0.25, 0.3) is 0 Å². The van der Waals surface area contributed by atoms with Crippen molar-refractivity contribution in [1.29, 1.82) is 0 Å². The van der Waals surface area contributed by atoms with Crippen LogP contribution < -0.4 is 5.32 Å². The normalized spacial score (nSPS) is 29.4. The zero-order chi connectivity index (χ0) is 13.0. The van der Waals surface area contributed by atoms with Gasteiger partial charge in [-0.05, 0) is 52.2 Å². The predicted octanol–water partition coefficient (Wildman–Crippen LogP) is 1.42. The van der Waals surface area contributed by atoms with Crippen molar-refractivity contribution >= 4 is 5.91 Å². The summed E-state index contributed by atoms with van der Waals surface area (Å²) in [5, 5.41) is 3.40. The van der Waals surface area contributed by atoms with Gasteiger partial charge in [0, 0.05) is 6.54 Å². The third-order valence-electron chi connectivity index (χ3n) is 4.14. The second-order valence-corrected chi connectivity index (χ2v) is 5.62. The molecule has 4 heteroatoms. The Labute approximate surface area is 111 Å². The average molecular weight is 253 g/mol. The molecular formula is C14H27N3O. The van der Waals surface area contributed by atoms with Gasteiger partial charge in [-0.2, -0.15) is 0 Å². The van der Waals surface area contributed by atoms with Crippen LogP contribution in [0.3, 0.4) is 0 Å². The second kappa shape index (κ2) is 6.53. The number of likely N-dealkylation sites (tertiary alicyclic amines) is 1. The number of hydrogen-bond donors (Lipinski definition) is 1. The number of nitrogens with one attached hydrogen (secondary N) is 1. The van der Waals surface area contributed by atoms with E-state index >= 15 is 0 Å². The molecule has 0 bridgehead atoms. The number of hydrogen-bond acceptors (Lipinski definition) is 3. The van der Waals surface area contributed by atoms with Gasteiger partial charge in [0.2, 0.25) is 5.91 Å². The number of nitrogens with zero attached hydrogens (tertiary/aromatic N) is 2. The molecule has 18 heavy (non-hydrogen) atoms. The first-order valence-electron chi connectivity index (χ1n) is 7.51. The zero-order valence-electron chi connectivity index (χ0n) is 11.8. The topological polar surface area (TPSA) is 35.6 Å². The molecule has 2 fully saturated rings. The Morgan fingerprint density at radius 2 is 2.00 bits per heavy atom. The van der Waals surface area contributed by atoms with Crippen LogP contribution >= 0.6 is 0 Å². The minimum absolute atomic E-state index is 0.0665. The molecule has 2 saturated heterocycles. The van der Waals surface area contributed by atoms with Gasteiger partial charge in [0.15, 0.2) is 0 Å². The van der Waals surface area contributed by atoms with Crippen molar-refractivity contribution in [2.24, 2.45) is 0 Å². The minimum atomic E-state index is 0.0665. The van der Waals surface area contributed by atoms with E-state index in [0.29, 0.717) is 5.91 Å². The van der Waals surface area contributed by atoms with Crippen molar-refractivity contribution in [3.8, 4) is 0 Å². The Bertz CT molecular complexity index is 276. The predicted molar refractivity (Wildman–Crippen MR) is 73.3 cm³/mol. The van der Waals surface area contributed by atoms with Crippen LogP contribution in [0.5, 0.6) is 0 Å². The summed E-state index contributed by atoms with van der Waals surface area (Å²) in [6.07, 6.45) is 6.05. The smallest absolute Gasteiger partial charge is 0.241 e. The Balaban J connectivity index is 1.72. The van der Waals surface area contributed by atoms with E-state index in [1.165, 1.54) is 25.9 Å². The quantitative estimate of drug-likeness (QED) is 0.777. The van der Waals surface area contributed by atoms with Crippen molar-refractivity contribution in [1.82, 2.24) is 15.1 Å². The molecule has 1 N–H and O–H groups in total. The molecule has 0 radical (unpaired) electrons. The van der Waals surface area contributed by atoms with E-state index in [1.807, 2.05) is 4.90 Å². The molecular weight excluding hydrogens is 226 g/mol. The summed E-state index contributed by atoms with van der Waals surface area (Å²) in [6, 6.07) is 0.0665. The Kier molecular flexibility index (Phi) is 5.01. The summed E-state index contributed by atoms with van der Waals surface area (Å²) in [6.45, 7) is 8.79. The first-order chi connectivity index (χ1) is 8.72. The van der Waals surface area contributed by atoms with Crippen molar-refractivity contribution < 1.29 is 4.79 Å². The van der Waals surface area contributed by atoms with Gasteiger partial charge < -0.3 is 9.80 Å². The van der Waals surface area contributed by atoms with E-state index in [4.69, 9.17) is 0 Å². The maximum Gasteiger partial charge on any atom is 0.241 e. The fourth-order valence-corrected chi connectivity index (χ4v) is 3.11. The maximum absolute atomic E-state index is 12.2. The highest BCUT2D eigenvalue weighted by Crippen LogP contribution is 2.15. The van der Waals surface area contributed by atoms with Gasteiger partial charge in [0.05, 0.1) is 12.2 Å². The minimum Gasteiger partial charge on any atom is -0.326 e. The molecule has 2 heterocycles. The summed E-state index contributed by atoms with van der Waals surface area (Å²) in [4.78, 5) is 16.7. The Hall–Kier alpha value is -0.610. The Morgan fingerprint density at radius 3 is 2.67 bits per heavy atom. The SMILES string of the molecule is CCCC1NC(C)N(CCCN2CCCC2)C1=O. The molecule has 2 rings (SSSR count). The van der Waals surface area contributed by atoms with Crippen LogP contribution in [0, 0.1) is 0 Å². The van der Waals surface area contributed by atoms with Crippen molar-refractivity contribution in [2.45, 2.75) is 58.2 Å². The number of carbonyl (C=O) groups excluding carboxylic acids is 1. The van der Waals surface area contributed by atoms with Crippen LogP contribution in [-0.2, 0) is 4.79 Å². The molecule has 4 nitrogen and oxygen atoms in total. The average Bonchev–Trinajstić information content (AvgIpc) is 2.93. The van der Waals surface area contributed by atoms with Crippen LogP contribution in [0.15, 0.2) is 0 Å². The third-order valence-corrected chi connectivity index (χ3v) is 4.14. The van der Waals surface area contributed by atoms with Gasteiger partial charge in [-0.3, -0.25) is 10.1 Å². The van der Waals surface area contributed by atoms with Crippen LogP contribution in [0.4, 0.5) is 0 Å². The molecule has 0 spiro atoms. The van der Waals surface area contributed by atoms with E-state index < -0.39 is 0 Å². The summed E-state index contributed by atoms with van der Waals surface area (Å²) in [5.74, 6) is 0.311. The van der Waals surface area contributed by atoms with Gasteiger partial charge in [0.1, 0.15) is 0 Å². The second-order valence-electron chi connectivity index (χ2n) is 5.62. The largest absolute Gasteiger partial charge is 0.326 e. The van der Waals surface area contributed by atoms with E-state index in [-0.39, 0.29) is 12.2 Å². The fourth-order valence-electron chi connectivity index (χ4n) is 3.11. The van der Waals surface area contributed by atoms with Gasteiger partial charge >= 0.3 is 0 Å². The maximum atomic E-state index is 12.2. The third kappa shape index (κ3) is 3.23. The van der Waals surface area contributed by atoms with E-state index in [0.717, 1.165) is 32.4 Å². The molecule has 2 aliphatic rings. The number of rotatable bonds is 6. The fraction of sp³-hybridized carbons (Fsp3) is 0.929. The molecule has 2 atom stereocenters. The Morgan fingerprint density at radius 1 is 1.28 bits per heavy atom. The van der Waals surface area contributed by atoms with Gasteiger partial charge in [-0.25, -0.2) is 0 Å². The van der Waals surface area contributed by atoms with E-state index in [9.17, 15) is 4.79 Å². The molecule has 0 aromatic heterocycles. The van der Waals surface area contributed by atoms with Crippen LogP contribution in [-0.4, -0.2) is 54.1 Å². The lowest BCUT2D eigenvalue weighted by molar-refractivity contribution is -0.130. The van der Waals surface area contributed by atoms with Crippen LogP contribution in [0.1, 0.15) is 46.0 Å². The monoisotopic (exact) mass is 253 g/mol. The summed E-state index contributed by atoms with van der Waals surface area (Å²) >= 11 is 0. The van der Waals surface area contributed by atoms with Crippen molar-refractivity contribution in [3.05, 3.63) is 0 Å². The summed E-state index contributed by atoms with van der Waals surface area (Å²) in [7, 11) is 0. The highest BCUT2D eigenvalue weighted by atomic mass is 16.2. The molecule has 2 aliphatic heterocycles. The zero-order valence-corrected chi connectivity index (χ0v) is 11.8.